The molecule has 0 atom stereocenters. The van der Waals surface area contributed by atoms with E-state index in [1.54, 1.807) is 0 Å². The lowest BCUT2D eigenvalue weighted by molar-refractivity contribution is -0.132. The number of unbranched alkanes of at least 4 members (excludes halogenated alkanes) is 1. The van der Waals surface area contributed by atoms with Gasteiger partial charge in [0.1, 0.15) is 0 Å². The second kappa shape index (κ2) is 14.9. The zero-order chi connectivity index (χ0) is 21.0. The van der Waals surface area contributed by atoms with E-state index in [0.29, 0.717) is 19.0 Å². The number of benzene rings is 1. The number of aliphatic imine (C=N–C) groups is 1. The minimum atomic E-state index is -4.14. The molecule has 9 heteroatoms. The van der Waals surface area contributed by atoms with Crippen molar-refractivity contribution in [3.8, 4) is 0 Å². The van der Waals surface area contributed by atoms with Gasteiger partial charge in [0.05, 0.1) is 6.42 Å². The van der Waals surface area contributed by atoms with Crippen LogP contribution in [0.4, 0.5) is 13.2 Å². The van der Waals surface area contributed by atoms with E-state index >= 15 is 0 Å². The fourth-order valence-electron chi connectivity index (χ4n) is 3.32. The summed E-state index contributed by atoms with van der Waals surface area (Å²) in [4.78, 5) is 9.35. The highest BCUT2D eigenvalue weighted by molar-refractivity contribution is 14.0. The van der Waals surface area contributed by atoms with Gasteiger partial charge < -0.3 is 15.5 Å². The van der Waals surface area contributed by atoms with Gasteiger partial charge in [-0.1, -0.05) is 30.3 Å². The summed E-state index contributed by atoms with van der Waals surface area (Å²) in [6.07, 6.45) is -3.02. The summed E-state index contributed by atoms with van der Waals surface area (Å²) in [6.45, 7) is 9.39. The smallest absolute Gasteiger partial charge is 0.357 e. The van der Waals surface area contributed by atoms with Crippen LogP contribution in [0.3, 0.4) is 0 Å². The molecule has 172 valence electrons. The van der Waals surface area contributed by atoms with Gasteiger partial charge in [-0.05, 0) is 31.9 Å². The highest BCUT2D eigenvalue weighted by Crippen LogP contribution is 2.18. The predicted octanol–water partition coefficient (Wildman–Crippen LogP) is 3.71. The summed E-state index contributed by atoms with van der Waals surface area (Å²) >= 11 is 0. The molecule has 0 aromatic heterocycles. The molecule has 0 saturated carbocycles. The fourth-order valence-corrected chi connectivity index (χ4v) is 3.32. The van der Waals surface area contributed by atoms with Gasteiger partial charge in [0.15, 0.2) is 5.96 Å². The first-order chi connectivity index (χ1) is 14.0. The first-order valence-electron chi connectivity index (χ1n) is 10.5. The third-order valence-electron chi connectivity index (χ3n) is 4.91. The molecule has 1 heterocycles. The van der Waals surface area contributed by atoms with Crippen molar-refractivity contribution in [2.45, 2.75) is 38.9 Å². The zero-order valence-electron chi connectivity index (χ0n) is 17.8. The normalized spacial score (nSPS) is 16.2. The standard InChI is InChI=1S/C21H34F3N5.HI/c1-2-25-20(27-12-10-21(22,23)24)26-11-6-7-13-28-14-16-29(17-15-28)18-19-8-4-3-5-9-19;/h3-5,8-9H,2,6-7,10-18H2,1H3,(H2,25,26,27);1H. The van der Waals surface area contributed by atoms with Crippen LogP contribution in [-0.2, 0) is 6.54 Å². The quantitative estimate of drug-likeness (QED) is 0.205. The zero-order valence-corrected chi connectivity index (χ0v) is 20.1. The molecule has 2 rings (SSSR count). The number of guanidine groups is 1. The van der Waals surface area contributed by atoms with Crippen molar-refractivity contribution in [3.05, 3.63) is 35.9 Å². The maximum Gasteiger partial charge on any atom is 0.390 e. The molecule has 0 bridgehead atoms. The molecule has 0 spiro atoms. The van der Waals surface area contributed by atoms with E-state index in [1.165, 1.54) is 5.56 Å². The van der Waals surface area contributed by atoms with E-state index < -0.39 is 12.6 Å². The summed E-state index contributed by atoms with van der Waals surface area (Å²) in [7, 11) is 0. The van der Waals surface area contributed by atoms with Crippen LogP contribution >= 0.6 is 24.0 Å². The van der Waals surface area contributed by atoms with Crippen molar-refractivity contribution >= 4 is 29.9 Å². The van der Waals surface area contributed by atoms with Crippen molar-refractivity contribution in [1.82, 2.24) is 20.4 Å². The van der Waals surface area contributed by atoms with Crippen LogP contribution in [0.15, 0.2) is 35.3 Å². The Kier molecular flexibility index (Phi) is 13.3. The van der Waals surface area contributed by atoms with Gasteiger partial charge in [-0.15, -0.1) is 24.0 Å². The molecule has 1 aromatic carbocycles. The first kappa shape index (κ1) is 27.0. The molecule has 2 N–H and O–H groups in total. The van der Waals surface area contributed by atoms with Crippen LogP contribution in [0.5, 0.6) is 0 Å². The molecule has 0 unspecified atom stereocenters. The minimum Gasteiger partial charge on any atom is -0.357 e. The average molecular weight is 541 g/mol. The summed E-state index contributed by atoms with van der Waals surface area (Å²) in [5, 5.41) is 5.73. The largest absolute Gasteiger partial charge is 0.390 e. The Hall–Kier alpha value is -1.07. The van der Waals surface area contributed by atoms with Crippen LogP contribution in [0.25, 0.3) is 0 Å². The molecule has 0 amide bonds. The van der Waals surface area contributed by atoms with E-state index in [4.69, 9.17) is 0 Å². The number of halogens is 4. The lowest BCUT2D eigenvalue weighted by atomic mass is 10.2. The Labute approximate surface area is 195 Å². The molecule has 30 heavy (non-hydrogen) atoms. The van der Waals surface area contributed by atoms with Crippen LogP contribution < -0.4 is 10.6 Å². The number of rotatable bonds is 10. The molecule has 0 radical (unpaired) electrons. The van der Waals surface area contributed by atoms with E-state index in [0.717, 1.165) is 52.1 Å². The Balaban J connectivity index is 0.00000450. The van der Waals surface area contributed by atoms with Gasteiger partial charge in [-0.2, -0.15) is 13.2 Å². The van der Waals surface area contributed by atoms with Crippen LogP contribution in [0.2, 0.25) is 0 Å². The van der Waals surface area contributed by atoms with Crippen molar-refractivity contribution in [2.24, 2.45) is 4.99 Å². The number of piperazine rings is 1. The van der Waals surface area contributed by atoms with Crippen molar-refractivity contribution in [2.75, 3.05) is 52.4 Å². The van der Waals surface area contributed by atoms with Gasteiger partial charge in [0, 0.05) is 52.4 Å². The summed E-state index contributed by atoms with van der Waals surface area (Å²) < 4.78 is 36.7. The highest BCUT2D eigenvalue weighted by Gasteiger charge is 2.26. The number of hydrogen-bond donors (Lipinski definition) is 2. The highest BCUT2D eigenvalue weighted by atomic mass is 127. The number of nitrogens with zero attached hydrogens (tertiary/aromatic N) is 3. The van der Waals surface area contributed by atoms with Crippen LogP contribution in [0, 0.1) is 0 Å². The topological polar surface area (TPSA) is 42.9 Å². The molecule has 1 saturated heterocycles. The van der Waals surface area contributed by atoms with Gasteiger partial charge in [0.25, 0.3) is 0 Å². The second-order valence-corrected chi connectivity index (χ2v) is 7.36. The van der Waals surface area contributed by atoms with E-state index in [1.807, 2.05) is 13.0 Å². The number of hydrogen-bond acceptors (Lipinski definition) is 3. The number of alkyl halides is 3. The Bertz CT molecular complexity index is 590. The molecule has 0 aliphatic carbocycles. The lowest BCUT2D eigenvalue weighted by Crippen LogP contribution is -2.46. The maximum absolute atomic E-state index is 12.2. The van der Waals surface area contributed by atoms with Gasteiger partial charge >= 0.3 is 6.18 Å². The Morgan fingerprint density at radius 2 is 1.67 bits per heavy atom. The van der Waals surface area contributed by atoms with Crippen LogP contribution in [0.1, 0.15) is 31.7 Å². The summed E-state index contributed by atoms with van der Waals surface area (Å²) in [5.74, 6) is 0.464. The van der Waals surface area contributed by atoms with Crippen LogP contribution in [-0.4, -0.2) is 74.3 Å². The number of nitrogens with one attached hydrogen (secondary N) is 2. The Morgan fingerprint density at radius 1 is 1.00 bits per heavy atom. The van der Waals surface area contributed by atoms with E-state index in [-0.39, 0.29) is 30.5 Å². The molecular weight excluding hydrogens is 506 g/mol. The minimum absolute atomic E-state index is 0. The van der Waals surface area contributed by atoms with Crippen molar-refractivity contribution < 1.29 is 13.2 Å². The monoisotopic (exact) mass is 541 g/mol. The SMILES string of the molecule is CCNC(=NCCCCN1CCN(Cc2ccccc2)CC1)NCCC(F)(F)F.I. The Morgan fingerprint density at radius 3 is 2.30 bits per heavy atom. The fraction of sp³-hybridized carbons (Fsp3) is 0.667. The molecule has 1 aromatic rings. The average Bonchev–Trinajstić information content (AvgIpc) is 2.69. The van der Waals surface area contributed by atoms with E-state index in [9.17, 15) is 13.2 Å². The summed E-state index contributed by atoms with van der Waals surface area (Å²) in [5.41, 5.74) is 1.36. The third kappa shape index (κ3) is 11.9. The van der Waals surface area contributed by atoms with Crippen molar-refractivity contribution in [3.63, 3.8) is 0 Å². The van der Waals surface area contributed by atoms with Gasteiger partial charge in [-0.25, -0.2) is 0 Å². The van der Waals surface area contributed by atoms with Gasteiger partial charge in [-0.3, -0.25) is 9.89 Å². The maximum atomic E-state index is 12.2. The van der Waals surface area contributed by atoms with Gasteiger partial charge in [0.2, 0.25) is 0 Å². The summed E-state index contributed by atoms with van der Waals surface area (Å²) in [6, 6.07) is 10.6. The molecule has 1 aliphatic heterocycles. The molecular formula is C21H35F3IN5. The van der Waals surface area contributed by atoms with Crippen molar-refractivity contribution in [1.29, 1.82) is 0 Å². The second-order valence-electron chi connectivity index (χ2n) is 7.36. The molecule has 1 aliphatic rings. The molecule has 5 nitrogen and oxygen atoms in total. The first-order valence-corrected chi connectivity index (χ1v) is 10.5. The lowest BCUT2D eigenvalue weighted by Gasteiger charge is -2.34. The molecule has 1 fully saturated rings. The predicted molar refractivity (Wildman–Crippen MR) is 127 cm³/mol. The third-order valence-corrected chi connectivity index (χ3v) is 4.91. The van der Waals surface area contributed by atoms with E-state index in [2.05, 4.69) is 49.7 Å².